The van der Waals surface area contributed by atoms with Crippen LogP contribution in [-0.2, 0) is 14.8 Å². The predicted molar refractivity (Wildman–Crippen MR) is 76.2 cm³/mol. The van der Waals surface area contributed by atoms with Crippen LogP contribution in [0.5, 0.6) is 5.75 Å². The standard InChI is InChI=1S/C13H16N2O7S/c1-22-12-6-5-9(8-11(12)15(18)19)23(20,21)14-7-3-2-4-10(14)13(16)17/h5-6,8,10H,2-4,7H2,1H3,(H,16,17)/p-1/t10-/m0/s1. The van der Waals surface area contributed by atoms with Crippen molar-refractivity contribution >= 4 is 21.7 Å². The molecule has 0 bridgehead atoms. The van der Waals surface area contributed by atoms with Gasteiger partial charge in [0, 0.05) is 12.6 Å². The van der Waals surface area contributed by atoms with Crippen LogP contribution in [0.25, 0.3) is 0 Å². The minimum absolute atomic E-state index is 0.0286. The van der Waals surface area contributed by atoms with Crippen molar-refractivity contribution in [2.24, 2.45) is 0 Å². The van der Waals surface area contributed by atoms with E-state index in [1.165, 1.54) is 13.2 Å². The molecule has 1 aromatic rings. The molecule has 2 rings (SSSR count). The molecule has 0 spiro atoms. The molecule has 0 unspecified atom stereocenters. The van der Waals surface area contributed by atoms with Gasteiger partial charge in [-0.2, -0.15) is 4.31 Å². The van der Waals surface area contributed by atoms with Crippen LogP contribution in [-0.4, -0.2) is 43.3 Å². The maximum Gasteiger partial charge on any atom is 0.312 e. The molecule has 0 radical (unpaired) electrons. The van der Waals surface area contributed by atoms with Crippen molar-refractivity contribution in [1.29, 1.82) is 0 Å². The van der Waals surface area contributed by atoms with E-state index in [0.29, 0.717) is 12.8 Å². The number of ether oxygens (including phenoxy) is 1. The predicted octanol–water partition coefficient (Wildman–Crippen LogP) is -0.103. The van der Waals surface area contributed by atoms with Crippen LogP contribution in [0.3, 0.4) is 0 Å². The quantitative estimate of drug-likeness (QED) is 0.539. The molecule has 1 aliphatic heterocycles. The molecule has 1 atom stereocenters. The maximum absolute atomic E-state index is 12.6. The van der Waals surface area contributed by atoms with E-state index in [1.54, 1.807) is 0 Å². The Morgan fingerprint density at radius 1 is 1.39 bits per heavy atom. The number of methoxy groups -OCH3 is 1. The van der Waals surface area contributed by atoms with Gasteiger partial charge in [0.2, 0.25) is 10.0 Å². The van der Waals surface area contributed by atoms with E-state index in [9.17, 15) is 28.4 Å². The van der Waals surface area contributed by atoms with Crippen LogP contribution in [0.4, 0.5) is 5.69 Å². The first kappa shape index (κ1) is 17.2. The topological polar surface area (TPSA) is 130 Å². The van der Waals surface area contributed by atoms with Crippen LogP contribution >= 0.6 is 0 Å². The number of carboxylic acid groups (broad SMARTS) is 1. The lowest BCUT2D eigenvalue weighted by Gasteiger charge is -2.35. The number of piperidine rings is 1. The van der Waals surface area contributed by atoms with Gasteiger partial charge in [0.15, 0.2) is 5.75 Å². The first-order valence-corrected chi connectivity index (χ1v) is 8.28. The van der Waals surface area contributed by atoms with Gasteiger partial charge in [0.25, 0.3) is 0 Å². The fraction of sp³-hybridized carbons (Fsp3) is 0.462. The molecule has 10 heteroatoms. The van der Waals surface area contributed by atoms with Gasteiger partial charge >= 0.3 is 5.69 Å². The van der Waals surface area contributed by atoms with E-state index in [4.69, 9.17) is 4.74 Å². The fourth-order valence-corrected chi connectivity index (χ4v) is 4.20. The van der Waals surface area contributed by atoms with Crippen LogP contribution in [0.15, 0.2) is 23.1 Å². The Balaban J connectivity index is 2.48. The molecule has 0 saturated carbocycles. The van der Waals surface area contributed by atoms with E-state index in [0.717, 1.165) is 16.4 Å². The molecule has 23 heavy (non-hydrogen) atoms. The van der Waals surface area contributed by atoms with Crippen LogP contribution in [0, 0.1) is 10.1 Å². The summed E-state index contributed by atoms with van der Waals surface area (Å²) in [5.41, 5.74) is -0.504. The Morgan fingerprint density at radius 3 is 2.65 bits per heavy atom. The van der Waals surface area contributed by atoms with Crippen LogP contribution in [0.2, 0.25) is 0 Å². The highest BCUT2D eigenvalue weighted by Crippen LogP contribution is 2.32. The summed E-state index contributed by atoms with van der Waals surface area (Å²) in [6, 6.07) is 1.93. The second kappa shape index (κ2) is 6.50. The monoisotopic (exact) mass is 343 g/mol. The minimum Gasteiger partial charge on any atom is -0.548 e. The molecule has 126 valence electrons. The van der Waals surface area contributed by atoms with E-state index in [1.807, 2.05) is 0 Å². The summed E-state index contributed by atoms with van der Waals surface area (Å²) in [4.78, 5) is 21.1. The smallest absolute Gasteiger partial charge is 0.312 e. The highest BCUT2D eigenvalue weighted by atomic mass is 32.2. The molecule has 1 aromatic carbocycles. The molecule has 1 aliphatic rings. The summed E-state index contributed by atoms with van der Waals surface area (Å²) < 4.78 is 31.0. The normalized spacial score (nSPS) is 19.3. The second-order valence-electron chi connectivity index (χ2n) is 5.04. The first-order chi connectivity index (χ1) is 10.8. The number of hydrogen-bond donors (Lipinski definition) is 0. The Bertz CT molecular complexity index is 732. The van der Waals surface area contributed by atoms with Crippen molar-refractivity contribution in [3.63, 3.8) is 0 Å². The van der Waals surface area contributed by atoms with Gasteiger partial charge in [0.05, 0.1) is 28.9 Å². The number of aliphatic carboxylic acids is 1. The first-order valence-electron chi connectivity index (χ1n) is 6.84. The molecular formula is C13H15N2O7S-. The molecule has 1 fully saturated rings. The van der Waals surface area contributed by atoms with Gasteiger partial charge in [-0.1, -0.05) is 6.42 Å². The number of carboxylic acids is 1. The highest BCUT2D eigenvalue weighted by Gasteiger charge is 2.35. The molecule has 9 nitrogen and oxygen atoms in total. The van der Waals surface area contributed by atoms with E-state index >= 15 is 0 Å². The SMILES string of the molecule is COc1ccc(S(=O)(=O)N2CCCC[C@H]2C(=O)[O-])cc1[N+](=O)[O-]. The van der Waals surface area contributed by atoms with Crippen molar-refractivity contribution < 1.29 is 28.0 Å². The van der Waals surface area contributed by atoms with Crippen molar-refractivity contribution in [1.82, 2.24) is 4.31 Å². The maximum atomic E-state index is 12.6. The van der Waals surface area contributed by atoms with Crippen LogP contribution in [0.1, 0.15) is 19.3 Å². The number of nitrogens with zero attached hydrogens (tertiary/aromatic N) is 2. The zero-order valence-corrected chi connectivity index (χ0v) is 13.1. The van der Waals surface area contributed by atoms with Gasteiger partial charge in [-0.3, -0.25) is 10.1 Å². The van der Waals surface area contributed by atoms with Crippen molar-refractivity contribution in [3.05, 3.63) is 28.3 Å². The molecule has 0 N–H and O–H groups in total. The average Bonchev–Trinajstić information content (AvgIpc) is 2.54. The highest BCUT2D eigenvalue weighted by molar-refractivity contribution is 7.89. The van der Waals surface area contributed by atoms with Gasteiger partial charge in [-0.15, -0.1) is 0 Å². The average molecular weight is 343 g/mol. The molecule has 0 amide bonds. The van der Waals surface area contributed by atoms with E-state index in [-0.39, 0.29) is 23.6 Å². The molecule has 1 saturated heterocycles. The summed E-state index contributed by atoms with van der Waals surface area (Å²) in [5, 5.41) is 22.2. The lowest BCUT2D eigenvalue weighted by atomic mass is 10.1. The number of sulfonamides is 1. The number of rotatable bonds is 5. The lowest BCUT2D eigenvalue weighted by molar-refractivity contribution is -0.386. The zero-order chi connectivity index (χ0) is 17.2. The van der Waals surface area contributed by atoms with Crippen LogP contribution < -0.4 is 9.84 Å². The summed E-state index contributed by atoms with van der Waals surface area (Å²) in [5.74, 6) is -1.56. The van der Waals surface area contributed by atoms with Crippen molar-refractivity contribution in [2.75, 3.05) is 13.7 Å². The minimum atomic E-state index is -4.18. The third-order valence-electron chi connectivity index (χ3n) is 3.68. The third-order valence-corrected chi connectivity index (χ3v) is 5.58. The molecule has 0 aliphatic carbocycles. The summed E-state index contributed by atoms with van der Waals surface area (Å²) in [6.45, 7) is 0.0286. The summed E-state index contributed by atoms with van der Waals surface area (Å²) in [6.07, 6.45) is 1.24. The Hall–Kier alpha value is -2.20. The second-order valence-corrected chi connectivity index (χ2v) is 6.93. The van der Waals surface area contributed by atoms with E-state index < -0.39 is 32.6 Å². The molecule has 0 aromatic heterocycles. The number of carbonyl (C=O) groups excluding carboxylic acids is 1. The van der Waals surface area contributed by atoms with E-state index in [2.05, 4.69) is 0 Å². The Morgan fingerprint density at radius 2 is 2.09 bits per heavy atom. The van der Waals surface area contributed by atoms with Crippen molar-refractivity contribution in [2.45, 2.75) is 30.2 Å². The number of nitro benzene ring substituents is 1. The number of hydrogen-bond acceptors (Lipinski definition) is 7. The lowest BCUT2D eigenvalue weighted by Crippen LogP contribution is -2.52. The number of nitro groups is 1. The Labute approximate surface area is 132 Å². The van der Waals surface area contributed by atoms with Gasteiger partial charge in [-0.25, -0.2) is 8.42 Å². The molecule has 1 heterocycles. The van der Waals surface area contributed by atoms with Gasteiger partial charge in [0.1, 0.15) is 0 Å². The van der Waals surface area contributed by atoms with Gasteiger partial charge < -0.3 is 14.6 Å². The number of carbonyl (C=O) groups is 1. The Kier molecular flexibility index (Phi) is 4.85. The number of benzene rings is 1. The fourth-order valence-electron chi connectivity index (χ4n) is 2.54. The molecular weight excluding hydrogens is 328 g/mol. The van der Waals surface area contributed by atoms with Gasteiger partial charge in [-0.05, 0) is 25.0 Å². The summed E-state index contributed by atoms with van der Waals surface area (Å²) in [7, 11) is -2.96. The summed E-state index contributed by atoms with van der Waals surface area (Å²) >= 11 is 0. The zero-order valence-electron chi connectivity index (χ0n) is 12.3. The third kappa shape index (κ3) is 3.27. The largest absolute Gasteiger partial charge is 0.548 e. The van der Waals surface area contributed by atoms with Crippen molar-refractivity contribution in [3.8, 4) is 5.75 Å².